The summed E-state index contributed by atoms with van der Waals surface area (Å²) in [5.41, 5.74) is 0. The first-order valence-corrected chi connectivity index (χ1v) is 9.07. The van der Waals surface area contributed by atoms with E-state index in [1.54, 1.807) is 0 Å². The highest BCUT2D eigenvalue weighted by Crippen LogP contribution is 2.31. The molecule has 0 fully saturated rings. The van der Waals surface area contributed by atoms with E-state index >= 15 is 0 Å². The van der Waals surface area contributed by atoms with Crippen LogP contribution in [0.2, 0.25) is 0 Å². The summed E-state index contributed by atoms with van der Waals surface area (Å²) in [7, 11) is 0. The van der Waals surface area contributed by atoms with Crippen LogP contribution >= 0.6 is 12.4 Å². The van der Waals surface area contributed by atoms with Crippen LogP contribution in [0.3, 0.4) is 0 Å². The molecule has 0 amide bonds. The zero-order chi connectivity index (χ0) is 17.6. The number of benzene rings is 2. The van der Waals surface area contributed by atoms with Crippen LogP contribution in [0.25, 0.3) is 0 Å². The maximum Gasteiger partial charge on any atom is 0.161 e. The monoisotopic (exact) mass is 392 g/mol. The molecule has 2 unspecified atom stereocenters. The fourth-order valence-electron chi connectivity index (χ4n) is 3.03. The third-order valence-corrected chi connectivity index (χ3v) is 4.36. The van der Waals surface area contributed by atoms with Crippen LogP contribution in [0.4, 0.5) is 0 Å². The lowest BCUT2D eigenvalue weighted by Crippen LogP contribution is -2.43. The molecule has 0 saturated carbocycles. The van der Waals surface area contributed by atoms with Gasteiger partial charge in [-0.05, 0) is 24.3 Å². The second-order valence-corrected chi connectivity index (χ2v) is 6.40. The van der Waals surface area contributed by atoms with E-state index in [2.05, 4.69) is 10.6 Å². The summed E-state index contributed by atoms with van der Waals surface area (Å²) in [6, 6.07) is 15.5. The number of halogens is 1. The summed E-state index contributed by atoms with van der Waals surface area (Å²) < 4.78 is 23.3. The molecule has 4 rings (SSSR count). The Morgan fingerprint density at radius 2 is 1.07 bits per heavy atom. The minimum Gasteiger partial charge on any atom is -0.486 e. The summed E-state index contributed by atoms with van der Waals surface area (Å²) >= 11 is 0. The predicted octanol–water partition coefficient (Wildman–Crippen LogP) is 2.27. The number of rotatable bonds is 7. The van der Waals surface area contributed by atoms with Crippen LogP contribution in [0, 0.1) is 0 Å². The molecule has 0 aromatic heterocycles. The first kappa shape index (κ1) is 19.6. The van der Waals surface area contributed by atoms with E-state index in [-0.39, 0.29) is 24.6 Å². The van der Waals surface area contributed by atoms with Crippen molar-refractivity contribution in [1.29, 1.82) is 0 Å². The topological polar surface area (TPSA) is 61.0 Å². The number of fused-ring (bicyclic) bond motifs is 2. The van der Waals surface area contributed by atoms with Gasteiger partial charge in [0.2, 0.25) is 0 Å². The van der Waals surface area contributed by atoms with Crippen molar-refractivity contribution in [2.24, 2.45) is 0 Å². The van der Waals surface area contributed by atoms with Gasteiger partial charge in [-0.3, -0.25) is 0 Å². The lowest BCUT2D eigenvalue weighted by atomic mass is 10.2. The summed E-state index contributed by atoms with van der Waals surface area (Å²) in [5.74, 6) is 3.28. The molecule has 2 aromatic carbocycles. The Morgan fingerprint density at radius 1 is 0.667 bits per heavy atom. The third-order valence-electron chi connectivity index (χ3n) is 4.36. The summed E-state index contributed by atoms with van der Waals surface area (Å²) in [5, 5.41) is 6.80. The lowest BCUT2D eigenvalue weighted by Gasteiger charge is -2.27. The lowest BCUT2D eigenvalue weighted by molar-refractivity contribution is 0.0880. The molecule has 2 heterocycles. The van der Waals surface area contributed by atoms with E-state index in [0.29, 0.717) is 13.2 Å². The SMILES string of the molecule is Cl.c1ccc2c(c1)OCC(CNCCNCC1COc3ccccc3O1)O2. The zero-order valence-electron chi connectivity index (χ0n) is 15.1. The van der Waals surface area contributed by atoms with Gasteiger partial charge in [0.15, 0.2) is 23.0 Å². The van der Waals surface area contributed by atoms with Gasteiger partial charge in [0.1, 0.15) is 25.4 Å². The van der Waals surface area contributed by atoms with Crippen LogP contribution in [0.1, 0.15) is 0 Å². The van der Waals surface area contributed by atoms with E-state index < -0.39 is 0 Å². The zero-order valence-corrected chi connectivity index (χ0v) is 15.9. The van der Waals surface area contributed by atoms with Gasteiger partial charge in [-0.2, -0.15) is 0 Å². The number of nitrogens with one attached hydrogen (secondary N) is 2. The first-order chi connectivity index (χ1) is 12.9. The van der Waals surface area contributed by atoms with Gasteiger partial charge in [-0.1, -0.05) is 24.3 Å². The Bertz CT molecular complexity index is 669. The van der Waals surface area contributed by atoms with Gasteiger partial charge in [-0.15, -0.1) is 12.4 Å². The molecule has 0 bridgehead atoms. The van der Waals surface area contributed by atoms with Crippen LogP contribution in [-0.4, -0.2) is 51.6 Å². The summed E-state index contributed by atoms with van der Waals surface area (Å²) in [4.78, 5) is 0. The van der Waals surface area contributed by atoms with Gasteiger partial charge in [0.05, 0.1) is 0 Å². The largest absolute Gasteiger partial charge is 0.486 e. The molecular formula is C20H25ClN2O4. The van der Waals surface area contributed by atoms with E-state index in [0.717, 1.165) is 49.2 Å². The quantitative estimate of drug-likeness (QED) is 0.705. The van der Waals surface area contributed by atoms with Gasteiger partial charge < -0.3 is 29.6 Å². The minimum atomic E-state index is 0. The molecule has 2 aliphatic rings. The second-order valence-electron chi connectivity index (χ2n) is 6.40. The van der Waals surface area contributed by atoms with E-state index in [1.165, 1.54) is 0 Å². The minimum absolute atomic E-state index is 0. The maximum atomic E-state index is 5.92. The van der Waals surface area contributed by atoms with E-state index in [1.807, 2.05) is 48.5 Å². The molecule has 2 aromatic rings. The average Bonchev–Trinajstić information content (AvgIpc) is 2.70. The van der Waals surface area contributed by atoms with Crippen molar-refractivity contribution in [2.75, 3.05) is 39.4 Å². The van der Waals surface area contributed by atoms with Gasteiger partial charge in [0.25, 0.3) is 0 Å². The molecule has 0 radical (unpaired) electrons. The number of para-hydroxylation sites is 4. The summed E-state index contributed by atoms with van der Waals surface area (Å²) in [6.07, 6.45) is 0.0768. The molecule has 2 atom stereocenters. The molecule has 0 saturated heterocycles. The van der Waals surface area contributed by atoms with Crippen molar-refractivity contribution >= 4 is 12.4 Å². The Morgan fingerprint density at radius 3 is 1.52 bits per heavy atom. The molecule has 6 nitrogen and oxygen atoms in total. The molecule has 2 N–H and O–H groups in total. The van der Waals surface area contributed by atoms with Crippen molar-refractivity contribution in [3.8, 4) is 23.0 Å². The molecular weight excluding hydrogens is 368 g/mol. The molecule has 0 spiro atoms. The number of hydrogen-bond donors (Lipinski definition) is 2. The molecule has 146 valence electrons. The van der Waals surface area contributed by atoms with Crippen LogP contribution in [0.5, 0.6) is 23.0 Å². The number of ether oxygens (including phenoxy) is 4. The third kappa shape index (κ3) is 5.19. The Kier molecular flexibility index (Phi) is 7.04. The van der Waals surface area contributed by atoms with Gasteiger partial charge >= 0.3 is 0 Å². The highest BCUT2D eigenvalue weighted by molar-refractivity contribution is 5.85. The Labute approximate surface area is 165 Å². The Hall–Kier alpha value is -2.15. The summed E-state index contributed by atoms with van der Waals surface area (Å²) in [6.45, 7) is 4.37. The molecule has 0 aliphatic carbocycles. The predicted molar refractivity (Wildman–Crippen MR) is 106 cm³/mol. The molecule has 7 heteroatoms. The average molecular weight is 393 g/mol. The highest BCUT2D eigenvalue weighted by Gasteiger charge is 2.21. The van der Waals surface area contributed by atoms with E-state index in [4.69, 9.17) is 18.9 Å². The van der Waals surface area contributed by atoms with Gasteiger partial charge in [0, 0.05) is 26.2 Å². The fraction of sp³-hybridized carbons (Fsp3) is 0.400. The van der Waals surface area contributed by atoms with Crippen molar-refractivity contribution in [3.63, 3.8) is 0 Å². The van der Waals surface area contributed by atoms with Crippen molar-refractivity contribution < 1.29 is 18.9 Å². The second kappa shape index (κ2) is 9.69. The molecule has 2 aliphatic heterocycles. The van der Waals surface area contributed by atoms with Gasteiger partial charge in [-0.25, -0.2) is 0 Å². The van der Waals surface area contributed by atoms with Crippen molar-refractivity contribution in [3.05, 3.63) is 48.5 Å². The fourth-order valence-corrected chi connectivity index (χ4v) is 3.03. The Balaban J connectivity index is 0.00000210. The maximum absolute atomic E-state index is 5.92. The molecule has 27 heavy (non-hydrogen) atoms. The smallest absolute Gasteiger partial charge is 0.161 e. The highest BCUT2D eigenvalue weighted by atomic mass is 35.5. The van der Waals surface area contributed by atoms with Crippen molar-refractivity contribution in [2.45, 2.75) is 12.2 Å². The standard InChI is InChI=1S/C20H24N2O4.ClH/c1-3-7-19-17(5-1)23-13-15(25-19)11-21-9-10-22-12-16-14-24-18-6-2-4-8-20(18)26-16;/h1-8,15-16,21-22H,9-14H2;1H. The normalized spacial score (nSPS) is 19.9. The number of hydrogen-bond acceptors (Lipinski definition) is 6. The van der Waals surface area contributed by atoms with E-state index in [9.17, 15) is 0 Å². The van der Waals surface area contributed by atoms with Crippen LogP contribution < -0.4 is 29.6 Å². The van der Waals surface area contributed by atoms with Crippen molar-refractivity contribution in [1.82, 2.24) is 10.6 Å². The van der Waals surface area contributed by atoms with Crippen LogP contribution in [-0.2, 0) is 0 Å². The first-order valence-electron chi connectivity index (χ1n) is 9.07. The van der Waals surface area contributed by atoms with Crippen LogP contribution in [0.15, 0.2) is 48.5 Å².